The number of carbonyl (C=O) groups is 1. The summed E-state index contributed by atoms with van der Waals surface area (Å²) in [6, 6.07) is 19.9. The van der Waals surface area contributed by atoms with Crippen LogP contribution in [0.25, 0.3) is 0 Å². The van der Waals surface area contributed by atoms with Gasteiger partial charge in [-0.1, -0.05) is 18.2 Å². The summed E-state index contributed by atoms with van der Waals surface area (Å²) < 4.78 is 12.7. The number of carbonyl (C=O) groups excluding carboxylic acids is 1. The van der Waals surface area contributed by atoms with Gasteiger partial charge in [-0.25, -0.2) is 4.79 Å². The Morgan fingerprint density at radius 1 is 0.806 bits per heavy atom. The summed E-state index contributed by atoms with van der Waals surface area (Å²) in [5.74, 6) is 1.12. The largest absolute Gasteiger partial charge is 0.456 e. The molecule has 2 heterocycles. The zero-order valence-corrected chi connectivity index (χ0v) is 18.3. The third-order valence-corrected chi connectivity index (χ3v) is 6.33. The van der Waals surface area contributed by atoms with Crippen molar-refractivity contribution in [1.82, 2.24) is 0 Å². The maximum atomic E-state index is 12.9. The van der Waals surface area contributed by atoms with Crippen molar-refractivity contribution in [3.05, 3.63) is 82.9 Å². The van der Waals surface area contributed by atoms with Crippen LogP contribution in [-0.4, -0.2) is 33.2 Å². The molecule has 3 aromatic rings. The molecular weight excluding hydrogens is 388 g/mol. The summed E-state index contributed by atoms with van der Waals surface area (Å²) in [7, 11) is 4.00. The molecule has 5 heteroatoms. The van der Waals surface area contributed by atoms with Gasteiger partial charge >= 0.3 is 5.97 Å². The van der Waals surface area contributed by atoms with E-state index in [4.69, 9.17) is 9.47 Å². The van der Waals surface area contributed by atoms with E-state index in [1.807, 2.05) is 67.5 Å². The third kappa shape index (κ3) is 2.73. The van der Waals surface area contributed by atoms with Gasteiger partial charge in [-0.3, -0.25) is 0 Å². The minimum absolute atomic E-state index is 0.307. The molecule has 1 unspecified atom stereocenters. The van der Waals surface area contributed by atoms with E-state index in [0.717, 1.165) is 46.9 Å². The van der Waals surface area contributed by atoms with Gasteiger partial charge < -0.3 is 19.3 Å². The number of ether oxygens (including phenoxy) is 2. The summed E-state index contributed by atoms with van der Waals surface area (Å²) in [4.78, 5) is 17.2. The normalized spacial score (nSPS) is 18.0. The molecule has 0 aliphatic carbocycles. The lowest BCUT2D eigenvalue weighted by Crippen LogP contribution is -2.33. The van der Waals surface area contributed by atoms with Crippen LogP contribution in [0.3, 0.4) is 0 Å². The molecule has 2 aliphatic rings. The van der Waals surface area contributed by atoms with Crippen LogP contribution in [0.15, 0.2) is 60.7 Å². The first-order valence-corrected chi connectivity index (χ1v) is 10.7. The highest BCUT2D eigenvalue weighted by molar-refractivity contribution is 5.97. The van der Waals surface area contributed by atoms with E-state index < -0.39 is 5.60 Å². The lowest BCUT2D eigenvalue weighted by molar-refractivity contribution is 0.0224. The standard InChI is InChI=1S/C26H26N2O3/c1-5-28(6-2)18-12-14-22-24(16-18)30-23-15-17(27(3)4)11-13-21(23)26(22)20-10-8-7-9-19(20)25(29)31-26/h7-16H,5-6H2,1-4H3. The minimum atomic E-state index is -1.01. The van der Waals surface area contributed by atoms with Crippen molar-refractivity contribution >= 4 is 17.3 Å². The molecule has 1 atom stereocenters. The molecule has 31 heavy (non-hydrogen) atoms. The van der Waals surface area contributed by atoms with Crippen molar-refractivity contribution in [2.45, 2.75) is 19.4 Å². The number of hydrogen-bond donors (Lipinski definition) is 0. The average molecular weight is 415 g/mol. The fraction of sp³-hybridized carbons (Fsp3) is 0.269. The maximum absolute atomic E-state index is 12.9. The van der Waals surface area contributed by atoms with Crippen molar-refractivity contribution in [2.24, 2.45) is 0 Å². The van der Waals surface area contributed by atoms with E-state index >= 15 is 0 Å². The molecule has 5 rings (SSSR count). The SMILES string of the molecule is CCN(CC)c1ccc2c(c1)Oc1cc(N(C)C)ccc1C21OC(=O)c2ccccc21. The predicted molar refractivity (Wildman–Crippen MR) is 123 cm³/mol. The van der Waals surface area contributed by atoms with E-state index in [-0.39, 0.29) is 5.97 Å². The quantitative estimate of drug-likeness (QED) is 0.551. The van der Waals surface area contributed by atoms with E-state index in [2.05, 4.69) is 30.9 Å². The Bertz CT molecular complexity index is 1180. The summed E-state index contributed by atoms with van der Waals surface area (Å²) >= 11 is 0. The second-order valence-corrected chi connectivity index (χ2v) is 8.15. The van der Waals surface area contributed by atoms with Crippen LogP contribution >= 0.6 is 0 Å². The number of anilines is 2. The molecule has 0 amide bonds. The van der Waals surface area contributed by atoms with Gasteiger partial charge in [0.25, 0.3) is 0 Å². The van der Waals surface area contributed by atoms with Gasteiger partial charge in [0, 0.05) is 67.4 Å². The minimum Gasteiger partial charge on any atom is -0.456 e. The Balaban J connectivity index is 1.79. The van der Waals surface area contributed by atoms with Crippen LogP contribution in [0.4, 0.5) is 11.4 Å². The first kappa shape index (κ1) is 19.5. The van der Waals surface area contributed by atoms with Crippen molar-refractivity contribution < 1.29 is 14.3 Å². The lowest BCUT2D eigenvalue weighted by Gasteiger charge is -2.37. The molecule has 0 radical (unpaired) electrons. The molecule has 3 aromatic carbocycles. The molecular formula is C26H26N2O3. The maximum Gasteiger partial charge on any atom is 0.340 e. The summed E-state index contributed by atoms with van der Waals surface area (Å²) in [6.45, 7) is 6.08. The molecule has 1 spiro atoms. The van der Waals surface area contributed by atoms with Crippen molar-refractivity contribution in [1.29, 1.82) is 0 Å². The average Bonchev–Trinajstić information content (AvgIpc) is 3.07. The van der Waals surface area contributed by atoms with Crippen LogP contribution in [-0.2, 0) is 10.3 Å². The fourth-order valence-corrected chi connectivity index (χ4v) is 4.72. The number of fused-ring (bicyclic) bond motifs is 6. The molecule has 0 N–H and O–H groups in total. The predicted octanol–water partition coefficient (Wildman–Crippen LogP) is 5.17. The van der Waals surface area contributed by atoms with Crippen LogP contribution in [0.1, 0.15) is 40.9 Å². The second-order valence-electron chi connectivity index (χ2n) is 8.15. The molecule has 0 saturated heterocycles. The zero-order chi connectivity index (χ0) is 21.8. The Hall–Kier alpha value is -3.47. The molecule has 5 nitrogen and oxygen atoms in total. The number of rotatable bonds is 4. The number of benzene rings is 3. The Labute approximate surface area is 182 Å². The van der Waals surface area contributed by atoms with E-state index in [9.17, 15) is 4.79 Å². The Morgan fingerprint density at radius 3 is 2.06 bits per heavy atom. The lowest BCUT2D eigenvalue weighted by atomic mass is 9.77. The van der Waals surface area contributed by atoms with Gasteiger partial charge in [0.1, 0.15) is 11.5 Å². The highest BCUT2D eigenvalue weighted by Gasteiger charge is 2.53. The summed E-state index contributed by atoms with van der Waals surface area (Å²) in [5, 5.41) is 0. The smallest absolute Gasteiger partial charge is 0.340 e. The third-order valence-electron chi connectivity index (χ3n) is 6.33. The van der Waals surface area contributed by atoms with E-state index in [1.54, 1.807) is 0 Å². The van der Waals surface area contributed by atoms with Crippen molar-refractivity contribution in [2.75, 3.05) is 37.0 Å². The van der Waals surface area contributed by atoms with Crippen LogP contribution in [0, 0.1) is 0 Å². The summed E-state index contributed by atoms with van der Waals surface area (Å²) in [6.07, 6.45) is 0. The topological polar surface area (TPSA) is 42.0 Å². The van der Waals surface area contributed by atoms with Crippen LogP contribution in [0.2, 0.25) is 0 Å². The molecule has 0 fully saturated rings. The van der Waals surface area contributed by atoms with E-state index in [0.29, 0.717) is 11.3 Å². The first-order valence-electron chi connectivity index (χ1n) is 10.7. The molecule has 158 valence electrons. The monoisotopic (exact) mass is 414 g/mol. The van der Waals surface area contributed by atoms with Gasteiger partial charge in [-0.2, -0.15) is 0 Å². The number of hydrogen-bond acceptors (Lipinski definition) is 5. The highest BCUT2D eigenvalue weighted by atomic mass is 16.6. The second kappa shape index (κ2) is 7.05. The van der Waals surface area contributed by atoms with Crippen LogP contribution in [0.5, 0.6) is 11.5 Å². The molecule has 0 bridgehead atoms. The molecule has 2 aliphatic heterocycles. The van der Waals surface area contributed by atoms with E-state index in [1.165, 1.54) is 0 Å². The van der Waals surface area contributed by atoms with Gasteiger partial charge in [0.05, 0.1) is 5.56 Å². The zero-order valence-electron chi connectivity index (χ0n) is 18.3. The Morgan fingerprint density at radius 2 is 1.42 bits per heavy atom. The van der Waals surface area contributed by atoms with Gasteiger partial charge in [0.15, 0.2) is 5.60 Å². The molecule has 0 saturated carbocycles. The summed E-state index contributed by atoms with van der Waals surface area (Å²) in [5.41, 5.74) is 4.26. The van der Waals surface area contributed by atoms with Crippen molar-refractivity contribution in [3.8, 4) is 11.5 Å². The van der Waals surface area contributed by atoms with Crippen LogP contribution < -0.4 is 14.5 Å². The van der Waals surface area contributed by atoms with Crippen molar-refractivity contribution in [3.63, 3.8) is 0 Å². The van der Waals surface area contributed by atoms with Gasteiger partial charge in [0.2, 0.25) is 0 Å². The van der Waals surface area contributed by atoms with Gasteiger partial charge in [-0.15, -0.1) is 0 Å². The first-order chi connectivity index (χ1) is 15.0. The molecule has 0 aromatic heterocycles. The Kier molecular flexibility index (Phi) is 4.43. The fourth-order valence-electron chi connectivity index (χ4n) is 4.72. The van der Waals surface area contributed by atoms with Gasteiger partial charge in [-0.05, 0) is 44.2 Å². The highest BCUT2D eigenvalue weighted by Crippen LogP contribution is 2.56. The number of nitrogens with zero attached hydrogens (tertiary/aromatic N) is 2. The number of esters is 1.